The predicted molar refractivity (Wildman–Crippen MR) is 182 cm³/mol. The van der Waals surface area contributed by atoms with Crippen LogP contribution in [0.1, 0.15) is 49.4 Å². The Morgan fingerprint density at radius 3 is 1.85 bits per heavy atom. The normalized spacial score (nSPS) is 13.3. The molecule has 3 atom stereocenters. The van der Waals surface area contributed by atoms with Crippen molar-refractivity contribution in [2.24, 2.45) is 5.92 Å². The van der Waals surface area contributed by atoms with Crippen LogP contribution in [0.4, 0.5) is 4.79 Å². The van der Waals surface area contributed by atoms with Gasteiger partial charge in [-0.25, -0.2) is 15.0 Å². The molecule has 0 aromatic heterocycles. The number of carbonyl (C=O) groups is 3. The van der Waals surface area contributed by atoms with Crippen LogP contribution < -0.4 is 20.9 Å². The lowest BCUT2D eigenvalue weighted by atomic mass is 9.93. The van der Waals surface area contributed by atoms with Gasteiger partial charge in [0.15, 0.2) is 11.5 Å². The van der Waals surface area contributed by atoms with E-state index in [-0.39, 0.29) is 43.7 Å². The molecule has 10 nitrogen and oxygen atoms in total. The molecule has 0 spiro atoms. The standard InChI is InChI=1S/C38H43N3O7/c1-4-27(2)34(39-37(45)48-26-30-18-12-7-13-19-30)35(43)40-41-38(3,36(44)47-25-29-16-10-6-11-17-29)23-31-20-21-32(42)33(22-31)46-24-28-14-8-5-9-15-28/h5-22,27,34,41-42H,4,23-26H2,1-3H3,(H,39,45)(H,40,43)/t27-,34-,38-/m0/s1. The van der Waals surface area contributed by atoms with Gasteiger partial charge in [0.2, 0.25) is 0 Å². The highest BCUT2D eigenvalue weighted by atomic mass is 16.5. The third-order valence-corrected chi connectivity index (χ3v) is 7.93. The van der Waals surface area contributed by atoms with Crippen molar-refractivity contribution < 1.29 is 33.7 Å². The minimum atomic E-state index is -1.47. The Bertz CT molecular complexity index is 1620. The number of nitrogens with one attached hydrogen (secondary N) is 3. The maximum absolute atomic E-state index is 13.7. The summed E-state index contributed by atoms with van der Waals surface area (Å²) >= 11 is 0. The lowest BCUT2D eigenvalue weighted by Crippen LogP contribution is -2.62. The van der Waals surface area contributed by atoms with Crippen LogP contribution in [-0.4, -0.2) is 34.7 Å². The summed E-state index contributed by atoms with van der Waals surface area (Å²) in [5.41, 5.74) is 7.25. The fraction of sp³-hybridized carbons (Fsp3) is 0.289. The lowest BCUT2D eigenvalue weighted by molar-refractivity contribution is -0.153. The maximum atomic E-state index is 13.7. The van der Waals surface area contributed by atoms with Gasteiger partial charge in [-0.2, -0.15) is 0 Å². The number of carbonyl (C=O) groups excluding carboxylic acids is 3. The molecule has 48 heavy (non-hydrogen) atoms. The largest absolute Gasteiger partial charge is 0.504 e. The van der Waals surface area contributed by atoms with Crippen molar-refractivity contribution in [1.82, 2.24) is 16.2 Å². The molecule has 0 fully saturated rings. The number of benzene rings is 4. The zero-order valence-electron chi connectivity index (χ0n) is 27.5. The highest BCUT2D eigenvalue weighted by molar-refractivity contribution is 5.87. The molecular formula is C38H43N3O7. The average Bonchev–Trinajstić information content (AvgIpc) is 3.12. The van der Waals surface area contributed by atoms with Crippen molar-refractivity contribution in [1.29, 1.82) is 0 Å². The molecule has 0 aliphatic carbocycles. The quantitative estimate of drug-likeness (QED) is 0.0858. The second-order valence-electron chi connectivity index (χ2n) is 11.8. The van der Waals surface area contributed by atoms with E-state index in [1.54, 1.807) is 19.1 Å². The van der Waals surface area contributed by atoms with Crippen LogP contribution in [0.2, 0.25) is 0 Å². The van der Waals surface area contributed by atoms with Crippen LogP contribution in [0, 0.1) is 5.92 Å². The molecule has 0 aliphatic heterocycles. The van der Waals surface area contributed by atoms with E-state index in [1.807, 2.05) is 105 Å². The number of amides is 2. The van der Waals surface area contributed by atoms with Crippen LogP contribution >= 0.6 is 0 Å². The highest BCUT2D eigenvalue weighted by Gasteiger charge is 2.37. The number of hydrogen-bond acceptors (Lipinski definition) is 8. The maximum Gasteiger partial charge on any atom is 0.408 e. The molecule has 0 heterocycles. The summed E-state index contributed by atoms with van der Waals surface area (Å²) < 4.78 is 16.9. The van der Waals surface area contributed by atoms with Crippen molar-refractivity contribution in [3.63, 3.8) is 0 Å². The molecule has 0 saturated carbocycles. The summed E-state index contributed by atoms with van der Waals surface area (Å²) in [5, 5.41) is 13.2. The average molecular weight is 654 g/mol. The molecule has 4 rings (SSSR count). The Kier molecular flexibility index (Phi) is 13.0. The van der Waals surface area contributed by atoms with Gasteiger partial charge in [0.05, 0.1) is 0 Å². The molecule has 10 heteroatoms. The first-order valence-electron chi connectivity index (χ1n) is 15.9. The van der Waals surface area contributed by atoms with E-state index in [2.05, 4.69) is 16.2 Å². The molecule has 0 radical (unpaired) electrons. The van der Waals surface area contributed by atoms with Crippen LogP contribution in [0.5, 0.6) is 11.5 Å². The SMILES string of the molecule is CC[C@H](C)[C@H](NC(=O)OCc1ccccc1)C(=O)NN[C@@](C)(Cc1ccc(O)c(OCc2ccccc2)c1)C(=O)OCc1ccccc1. The van der Waals surface area contributed by atoms with Gasteiger partial charge in [-0.3, -0.25) is 10.2 Å². The first-order chi connectivity index (χ1) is 23.2. The van der Waals surface area contributed by atoms with E-state index in [9.17, 15) is 19.5 Å². The van der Waals surface area contributed by atoms with Gasteiger partial charge in [0, 0.05) is 6.42 Å². The van der Waals surface area contributed by atoms with Crippen molar-refractivity contribution >= 4 is 18.0 Å². The fourth-order valence-corrected chi connectivity index (χ4v) is 4.85. The summed E-state index contributed by atoms with van der Waals surface area (Å²) in [6.45, 7) is 5.66. The number of alkyl carbamates (subject to hydrolysis) is 1. The summed E-state index contributed by atoms with van der Waals surface area (Å²) in [4.78, 5) is 39.9. The predicted octanol–water partition coefficient (Wildman–Crippen LogP) is 5.98. The Morgan fingerprint density at radius 2 is 1.29 bits per heavy atom. The monoisotopic (exact) mass is 653 g/mol. The van der Waals surface area contributed by atoms with Gasteiger partial charge < -0.3 is 24.6 Å². The molecule has 2 amide bonds. The van der Waals surface area contributed by atoms with E-state index in [4.69, 9.17) is 14.2 Å². The summed E-state index contributed by atoms with van der Waals surface area (Å²) in [6.07, 6.45) is -0.0905. The number of phenolic OH excluding ortho intramolecular Hbond substituents is 1. The minimum Gasteiger partial charge on any atom is -0.504 e. The summed E-state index contributed by atoms with van der Waals surface area (Å²) in [6, 6.07) is 31.9. The second kappa shape index (κ2) is 17.5. The van der Waals surface area contributed by atoms with E-state index in [1.165, 1.54) is 6.07 Å². The van der Waals surface area contributed by atoms with Gasteiger partial charge in [0.25, 0.3) is 5.91 Å². The van der Waals surface area contributed by atoms with Crippen LogP contribution in [0.25, 0.3) is 0 Å². The molecule has 4 aromatic carbocycles. The van der Waals surface area contributed by atoms with Gasteiger partial charge in [-0.1, -0.05) is 117 Å². The highest BCUT2D eigenvalue weighted by Crippen LogP contribution is 2.29. The van der Waals surface area contributed by atoms with Gasteiger partial charge in [-0.15, -0.1) is 0 Å². The first kappa shape index (κ1) is 35.5. The van der Waals surface area contributed by atoms with Crippen LogP contribution in [0.3, 0.4) is 0 Å². The number of aromatic hydroxyl groups is 1. The first-order valence-corrected chi connectivity index (χ1v) is 15.9. The van der Waals surface area contributed by atoms with E-state index in [0.29, 0.717) is 12.0 Å². The smallest absolute Gasteiger partial charge is 0.408 e. The van der Waals surface area contributed by atoms with E-state index in [0.717, 1.165) is 16.7 Å². The number of hydrazine groups is 1. The molecule has 0 unspecified atom stereocenters. The van der Waals surface area contributed by atoms with Gasteiger partial charge in [0.1, 0.15) is 31.4 Å². The Hall–Kier alpha value is -5.35. The third-order valence-electron chi connectivity index (χ3n) is 7.93. The minimum absolute atomic E-state index is 0.0240. The van der Waals surface area contributed by atoms with E-state index < -0.39 is 29.6 Å². The molecule has 4 aromatic rings. The lowest BCUT2D eigenvalue weighted by Gasteiger charge is -2.31. The topological polar surface area (TPSA) is 135 Å². The van der Waals surface area contributed by atoms with E-state index >= 15 is 0 Å². The van der Waals surface area contributed by atoms with Crippen molar-refractivity contribution in [2.45, 2.75) is 65.0 Å². The molecule has 252 valence electrons. The molecule has 0 saturated heterocycles. The number of phenols is 1. The zero-order chi connectivity index (χ0) is 34.4. The number of esters is 1. The number of ether oxygens (including phenoxy) is 3. The molecule has 4 N–H and O–H groups in total. The van der Waals surface area contributed by atoms with Crippen LogP contribution in [0.15, 0.2) is 109 Å². The molecular weight excluding hydrogens is 610 g/mol. The van der Waals surface area contributed by atoms with Crippen molar-refractivity contribution in [2.75, 3.05) is 0 Å². The third kappa shape index (κ3) is 10.6. The Morgan fingerprint density at radius 1 is 0.750 bits per heavy atom. The van der Waals surface area contributed by atoms with Crippen LogP contribution in [-0.2, 0) is 45.3 Å². The molecule has 0 aliphatic rings. The molecule has 0 bridgehead atoms. The summed E-state index contributed by atoms with van der Waals surface area (Å²) in [5.74, 6) is -1.24. The number of rotatable bonds is 16. The summed E-state index contributed by atoms with van der Waals surface area (Å²) in [7, 11) is 0. The Balaban J connectivity index is 1.48. The zero-order valence-corrected chi connectivity index (χ0v) is 27.5. The van der Waals surface area contributed by atoms with Crippen molar-refractivity contribution in [3.8, 4) is 11.5 Å². The fourth-order valence-electron chi connectivity index (χ4n) is 4.85. The van der Waals surface area contributed by atoms with Gasteiger partial charge in [-0.05, 0) is 47.2 Å². The second-order valence-corrected chi connectivity index (χ2v) is 11.8. The Labute approximate surface area is 281 Å². The van der Waals surface area contributed by atoms with Gasteiger partial charge >= 0.3 is 12.1 Å². The number of hydrogen-bond donors (Lipinski definition) is 4. The van der Waals surface area contributed by atoms with Crippen molar-refractivity contribution in [3.05, 3.63) is 131 Å².